The van der Waals surface area contributed by atoms with Gasteiger partial charge in [0.15, 0.2) is 0 Å². The molecule has 0 aliphatic heterocycles. The molecule has 6 heteroatoms. The van der Waals surface area contributed by atoms with Crippen molar-refractivity contribution >= 4 is 11.9 Å². The van der Waals surface area contributed by atoms with Crippen molar-refractivity contribution in [3.63, 3.8) is 0 Å². The smallest absolute Gasteiger partial charge is 0.313 e. The summed E-state index contributed by atoms with van der Waals surface area (Å²) >= 11 is 0. The zero-order chi connectivity index (χ0) is 27.2. The highest BCUT2D eigenvalue weighted by Gasteiger charge is 2.32. The molecule has 0 heterocycles. The average molecular weight is 515 g/mol. The van der Waals surface area contributed by atoms with E-state index >= 15 is 0 Å². The maximum absolute atomic E-state index is 12.8. The second-order valence-corrected chi connectivity index (χ2v) is 9.84. The van der Waals surface area contributed by atoms with Gasteiger partial charge in [0.1, 0.15) is 11.5 Å². The lowest BCUT2D eigenvalue weighted by atomic mass is 9.73. The third-order valence-corrected chi connectivity index (χ3v) is 6.70. The number of carbonyl (C=O) groups is 2. The molecule has 2 atom stereocenters. The maximum atomic E-state index is 12.8. The molecule has 2 rings (SSSR count). The van der Waals surface area contributed by atoms with Crippen molar-refractivity contribution in [2.75, 3.05) is 26.4 Å². The van der Waals surface area contributed by atoms with E-state index in [9.17, 15) is 9.59 Å². The molecule has 0 N–H and O–H groups in total. The number of unbranched alkanes of at least 4 members (excludes halogenated alkanes) is 2. The van der Waals surface area contributed by atoms with E-state index in [-0.39, 0.29) is 36.6 Å². The Morgan fingerprint density at radius 2 is 1.51 bits per heavy atom. The highest BCUT2D eigenvalue weighted by Crippen LogP contribution is 2.47. The SMILES string of the molecule is C=C(C)[C@@H]1CCC(C)=C[C@H]1c1c(OC(=O)CCOCC)cc(CCCCC)cc1OC(=O)CCOCC. The lowest BCUT2D eigenvalue weighted by Gasteiger charge is -2.32. The molecule has 0 fully saturated rings. The molecule has 0 bridgehead atoms. The molecular weight excluding hydrogens is 468 g/mol. The van der Waals surface area contributed by atoms with Crippen molar-refractivity contribution in [1.29, 1.82) is 0 Å². The molecule has 37 heavy (non-hydrogen) atoms. The van der Waals surface area contributed by atoms with Gasteiger partial charge in [-0.05, 0) is 77.0 Å². The molecule has 0 unspecified atom stereocenters. The van der Waals surface area contributed by atoms with Gasteiger partial charge in [-0.15, -0.1) is 0 Å². The van der Waals surface area contributed by atoms with Gasteiger partial charge in [0.25, 0.3) is 0 Å². The number of hydrogen-bond donors (Lipinski definition) is 0. The highest BCUT2D eigenvalue weighted by molar-refractivity contribution is 5.76. The predicted octanol–water partition coefficient (Wildman–Crippen LogP) is 7.10. The summed E-state index contributed by atoms with van der Waals surface area (Å²) in [6.45, 7) is 16.0. The monoisotopic (exact) mass is 514 g/mol. The van der Waals surface area contributed by atoms with Crippen LogP contribution < -0.4 is 9.47 Å². The van der Waals surface area contributed by atoms with Crippen molar-refractivity contribution in [1.82, 2.24) is 0 Å². The van der Waals surface area contributed by atoms with E-state index < -0.39 is 0 Å². The number of carbonyl (C=O) groups excluding carboxylic acids is 2. The fourth-order valence-corrected chi connectivity index (χ4v) is 4.73. The van der Waals surface area contributed by atoms with Crippen molar-refractivity contribution < 1.29 is 28.5 Å². The summed E-state index contributed by atoms with van der Waals surface area (Å²) < 4.78 is 22.7. The minimum Gasteiger partial charge on any atom is -0.426 e. The van der Waals surface area contributed by atoms with Crippen LogP contribution in [0, 0.1) is 5.92 Å². The van der Waals surface area contributed by atoms with Gasteiger partial charge in [-0.25, -0.2) is 0 Å². The third-order valence-electron chi connectivity index (χ3n) is 6.70. The Balaban J connectivity index is 2.57. The van der Waals surface area contributed by atoms with Crippen molar-refractivity contribution in [2.45, 2.75) is 91.9 Å². The average Bonchev–Trinajstić information content (AvgIpc) is 2.84. The molecule has 0 aromatic heterocycles. The number of ether oxygens (including phenoxy) is 4. The summed E-state index contributed by atoms with van der Waals surface area (Å²) in [5.41, 5.74) is 4.04. The number of rotatable bonds is 16. The molecule has 1 aromatic rings. The number of hydrogen-bond acceptors (Lipinski definition) is 6. The normalized spacial score (nSPS) is 17.3. The van der Waals surface area contributed by atoms with Crippen LogP contribution in [-0.4, -0.2) is 38.4 Å². The van der Waals surface area contributed by atoms with Gasteiger partial charge in [0.2, 0.25) is 0 Å². The fourth-order valence-electron chi connectivity index (χ4n) is 4.73. The second kappa shape index (κ2) is 16.4. The Morgan fingerprint density at radius 3 is 2.00 bits per heavy atom. The van der Waals surface area contributed by atoms with Gasteiger partial charge < -0.3 is 18.9 Å². The highest BCUT2D eigenvalue weighted by atomic mass is 16.6. The van der Waals surface area contributed by atoms with E-state index in [0.29, 0.717) is 37.9 Å². The molecule has 206 valence electrons. The molecule has 0 spiro atoms. The molecule has 0 radical (unpaired) electrons. The lowest BCUT2D eigenvalue weighted by Crippen LogP contribution is -2.21. The van der Waals surface area contributed by atoms with Gasteiger partial charge in [-0.3, -0.25) is 9.59 Å². The maximum Gasteiger partial charge on any atom is 0.313 e. The largest absolute Gasteiger partial charge is 0.426 e. The first-order valence-electron chi connectivity index (χ1n) is 13.9. The second-order valence-electron chi connectivity index (χ2n) is 9.84. The van der Waals surface area contributed by atoms with Gasteiger partial charge in [0.05, 0.1) is 26.1 Å². The van der Waals surface area contributed by atoms with Crippen LogP contribution in [0.3, 0.4) is 0 Å². The molecule has 1 aromatic carbocycles. The lowest BCUT2D eigenvalue weighted by molar-refractivity contribution is -0.136. The van der Waals surface area contributed by atoms with E-state index in [4.69, 9.17) is 18.9 Å². The molecule has 6 nitrogen and oxygen atoms in total. The van der Waals surface area contributed by atoms with E-state index in [2.05, 4.69) is 26.5 Å². The number of benzene rings is 1. The standard InChI is InChI=1S/C31H46O6/c1-7-10-11-12-24-20-27(36-29(32)15-17-34-8-2)31(26-19-23(6)13-14-25(26)22(4)5)28(21-24)37-30(33)16-18-35-9-3/h19-21,25-26H,4,7-18H2,1-3,5-6H3/t25-,26+/m0/s1. The summed E-state index contributed by atoms with van der Waals surface area (Å²) in [6.07, 6.45) is 8.45. The Hall–Kier alpha value is -2.44. The Labute approximate surface area is 223 Å². The van der Waals surface area contributed by atoms with Crippen LogP contribution in [0.4, 0.5) is 0 Å². The minimum absolute atomic E-state index is 0.111. The number of allylic oxidation sites excluding steroid dienone is 3. The fraction of sp³-hybridized carbons (Fsp3) is 0.613. The topological polar surface area (TPSA) is 71.1 Å². The number of aryl methyl sites for hydroxylation is 1. The van der Waals surface area contributed by atoms with Crippen molar-refractivity contribution in [3.8, 4) is 11.5 Å². The van der Waals surface area contributed by atoms with Gasteiger partial charge in [-0.2, -0.15) is 0 Å². The first kappa shape index (κ1) is 30.8. The van der Waals surface area contributed by atoms with E-state index in [1.54, 1.807) is 0 Å². The van der Waals surface area contributed by atoms with Gasteiger partial charge >= 0.3 is 11.9 Å². The van der Waals surface area contributed by atoms with E-state index in [0.717, 1.165) is 55.2 Å². The quantitative estimate of drug-likeness (QED) is 0.101. The van der Waals surface area contributed by atoms with Gasteiger partial charge in [-0.1, -0.05) is 43.6 Å². The van der Waals surface area contributed by atoms with Crippen LogP contribution in [0.1, 0.15) is 96.6 Å². The Bertz CT molecular complexity index is 887. The summed E-state index contributed by atoms with van der Waals surface area (Å²) in [7, 11) is 0. The van der Waals surface area contributed by atoms with Crippen LogP contribution in [0.5, 0.6) is 11.5 Å². The summed E-state index contributed by atoms with van der Waals surface area (Å²) in [5.74, 6) is 0.238. The van der Waals surface area contributed by atoms with Crippen LogP contribution in [0.2, 0.25) is 0 Å². The summed E-state index contributed by atoms with van der Waals surface area (Å²) in [4.78, 5) is 25.6. The van der Waals surface area contributed by atoms with Crippen molar-refractivity contribution in [3.05, 3.63) is 47.1 Å². The van der Waals surface area contributed by atoms with Crippen LogP contribution in [-0.2, 0) is 25.5 Å². The minimum atomic E-state index is -0.364. The van der Waals surface area contributed by atoms with E-state index in [1.165, 1.54) is 5.57 Å². The van der Waals surface area contributed by atoms with Gasteiger partial charge in [0, 0.05) is 24.7 Å². The van der Waals surface area contributed by atoms with E-state index in [1.807, 2.05) is 32.9 Å². The first-order valence-corrected chi connectivity index (χ1v) is 13.9. The first-order chi connectivity index (χ1) is 17.8. The zero-order valence-corrected chi connectivity index (χ0v) is 23.5. The van der Waals surface area contributed by atoms with Crippen molar-refractivity contribution in [2.24, 2.45) is 5.92 Å². The molecule has 0 saturated heterocycles. The molecule has 1 aliphatic carbocycles. The number of esters is 2. The Morgan fingerprint density at radius 1 is 0.946 bits per heavy atom. The summed E-state index contributed by atoms with van der Waals surface area (Å²) in [6, 6.07) is 3.91. The van der Waals surface area contributed by atoms with Crippen LogP contribution >= 0.6 is 0 Å². The van der Waals surface area contributed by atoms with Crippen LogP contribution in [0.25, 0.3) is 0 Å². The predicted molar refractivity (Wildman–Crippen MR) is 147 cm³/mol. The molecule has 0 saturated carbocycles. The third kappa shape index (κ3) is 10.1. The molecular formula is C31H46O6. The molecule has 0 amide bonds. The Kier molecular flexibility index (Phi) is 13.7. The summed E-state index contributed by atoms with van der Waals surface area (Å²) in [5, 5.41) is 0. The zero-order valence-electron chi connectivity index (χ0n) is 23.5. The molecule has 1 aliphatic rings. The van der Waals surface area contributed by atoms with Crippen LogP contribution in [0.15, 0.2) is 35.9 Å².